The van der Waals surface area contributed by atoms with E-state index in [0.29, 0.717) is 5.75 Å². The van der Waals surface area contributed by atoms with Gasteiger partial charge in [0.2, 0.25) is 0 Å². The smallest absolute Gasteiger partial charge is 0.162 e. The second kappa shape index (κ2) is 6.53. The molecule has 0 aromatic heterocycles. The number of methoxy groups -OCH3 is 1. The molecule has 0 N–H and O–H groups in total. The number of rotatable bonds is 4. The Balaban J connectivity index is 2.01. The van der Waals surface area contributed by atoms with E-state index in [0.717, 1.165) is 17.7 Å². The van der Waals surface area contributed by atoms with Crippen molar-refractivity contribution in [1.82, 2.24) is 5.01 Å². The van der Waals surface area contributed by atoms with Crippen LogP contribution in [0.4, 0.5) is 0 Å². The number of hydrazone groups is 1. The molecule has 116 valence electrons. The van der Waals surface area contributed by atoms with Crippen molar-refractivity contribution in [2.24, 2.45) is 5.10 Å². The van der Waals surface area contributed by atoms with Crippen molar-refractivity contribution in [2.75, 3.05) is 7.11 Å². The van der Waals surface area contributed by atoms with E-state index in [9.17, 15) is 5.26 Å². The summed E-state index contributed by atoms with van der Waals surface area (Å²) in [5.74, 6) is 0.714. The number of hydrogen-bond donors (Lipinski definition) is 0. The van der Waals surface area contributed by atoms with Crippen LogP contribution in [-0.2, 0) is 0 Å². The van der Waals surface area contributed by atoms with Crippen LogP contribution in [0.3, 0.4) is 0 Å². The molecule has 0 aliphatic carbocycles. The molecule has 0 saturated heterocycles. The zero-order chi connectivity index (χ0) is 16.2. The zero-order valence-electron chi connectivity index (χ0n) is 13.3. The van der Waals surface area contributed by atoms with Gasteiger partial charge in [-0.3, -0.25) is 5.01 Å². The van der Waals surface area contributed by atoms with Crippen molar-refractivity contribution in [2.45, 2.75) is 25.4 Å². The molecule has 0 unspecified atom stereocenters. The highest BCUT2D eigenvalue weighted by molar-refractivity contribution is 5.84. The first-order valence-corrected chi connectivity index (χ1v) is 7.64. The average Bonchev–Trinajstić information content (AvgIpc) is 2.98. The number of nitriles is 1. The van der Waals surface area contributed by atoms with Crippen molar-refractivity contribution in [1.29, 1.82) is 5.26 Å². The summed E-state index contributed by atoms with van der Waals surface area (Å²) in [4.78, 5) is 0. The predicted octanol–water partition coefficient (Wildman–Crippen LogP) is 4.08. The van der Waals surface area contributed by atoms with Crippen LogP contribution in [0.15, 0.2) is 59.7 Å². The molecule has 3 rings (SSSR count). The lowest BCUT2D eigenvalue weighted by molar-refractivity contribution is 0.193. The lowest BCUT2D eigenvalue weighted by Crippen LogP contribution is -2.24. The number of para-hydroxylation sites is 1. The minimum absolute atomic E-state index is 0.0748. The highest BCUT2D eigenvalue weighted by Gasteiger charge is 2.33. The molecule has 2 atom stereocenters. The molecule has 0 bridgehead atoms. The van der Waals surface area contributed by atoms with Crippen LogP contribution in [0, 0.1) is 11.3 Å². The van der Waals surface area contributed by atoms with Crippen LogP contribution in [-0.4, -0.2) is 17.8 Å². The molecule has 1 aliphatic heterocycles. The normalized spacial score (nSPS) is 18.2. The summed E-state index contributed by atoms with van der Waals surface area (Å²) >= 11 is 0. The molecule has 4 nitrogen and oxygen atoms in total. The molecule has 0 spiro atoms. The van der Waals surface area contributed by atoms with Crippen molar-refractivity contribution in [3.05, 3.63) is 65.7 Å². The number of nitrogens with zero attached hydrogens (tertiary/aromatic N) is 3. The molecule has 1 aliphatic rings. The van der Waals surface area contributed by atoms with Gasteiger partial charge < -0.3 is 4.74 Å². The van der Waals surface area contributed by atoms with Gasteiger partial charge in [-0.05, 0) is 18.6 Å². The fourth-order valence-corrected chi connectivity index (χ4v) is 3.03. The Labute approximate surface area is 136 Å². The summed E-state index contributed by atoms with van der Waals surface area (Å²) in [6.45, 7) is 2.01. The molecule has 4 heteroatoms. The topological polar surface area (TPSA) is 48.6 Å². The van der Waals surface area contributed by atoms with E-state index in [1.807, 2.05) is 54.4 Å². The van der Waals surface area contributed by atoms with E-state index in [4.69, 9.17) is 4.74 Å². The van der Waals surface area contributed by atoms with E-state index >= 15 is 0 Å². The van der Waals surface area contributed by atoms with Crippen LogP contribution >= 0.6 is 0 Å². The second-order valence-corrected chi connectivity index (χ2v) is 5.62. The van der Waals surface area contributed by atoms with Gasteiger partial charge in [-0.25, -0.2) is 0 Å². The monoisotopic (exact) mass is 305 g/mol. The van der Waals surface area contributed by atoms with Crippen LogP contribution in [0.1, 0.15) is 36.6 Å². The summed E-state index contributed by atoms with van der Waals surface area (Å²) < 4.78 is 5.43. The van der Waals surface area contributed by atoms with Gasteiger partial charge in [0, 0.05) is 17.7 Å². The quantitative estimate of drug-likeness (QED) is 0.855. The summed E-state index contributed by atoms with van der Waals surface area (Å²) in [7, 11) is 1.63. The molecule has 0 amide bonds. The molecule has 23 heavy (non-hydrogen) atoms. The highest BCUT2D eigenvalue weighted by atomic mass is 16.5. The number of benzene rings is 2. The van der Waals surface area contributed by atoms with Gasteiger partial charge in [0.05, 0.1) is 19.2 Å². The van der Waals surface area contributed by atoms with Gasteiger partial charge in [-0.2, -0.15) is 10.4 Å². The maximum Gasteiger partial charge on any atom is 0.162 e. The number of hydrogen-bond acceptors (Lipinski definition) is 4. The third-order valence-corrected chi connectivity index (χ3v) is 4.10. The first kappa shape index (κ1) is 15.1. The third kappa shape index (κ3) is 2.91. The average molecular weight is 305 g/mol. The van der Waals surface area contributed by atoms with Crippen molar-refractivity contribution in [3.8, 4) is 11.8 Å². The highest BCUT2D eigenvalue weighted by Crippen LogP contribution is 2.39. The van der Waals surface area contributed by atoms with Gasteiger partial charge in [0.25, 0.3) is 0 Å². The molecule has 0 radical (unpaired) electrons. The molecule has 2 aromatic rings. The number of ether oxygens (including phenoxy) is 1. The lowest BCUT2D eigenvalue weighted by Gasteiger charge is -2.29. The van der Waals surface area contributed by atoms with Crippen molar-refractivity contribution >= 4 is 5.71 Å². The molecular formula is C19H19N3O. The Kier molecular flexibility index (Phi) is 4.29. The zero-order valence-corrected chi connectivity index (χ0v) is 13.3. The Morgan fingerprint density at radius 3 is 2.57 bits per heavy atom. The SMILES string of the molecule is COc1ccccc1[C@H](C#N)N1N=C(C)C[C@@H]1c1ccccc1. The maximum absolute atomic E-state index is 9.79. The van der Waals surface area contributed by atoms with Gasteiger partial charge in [0.15, 0.2) is 6.04 Å². The van der Waals surface area contributed by atoms with Gasteiger partial charge >= 0.3 is 0 Å². The largest absolute Gasteiger partial charge is 0.496 e. The summed E-state index contributed by atoms with van der Waals surface area (Å²) in [5.41, 5.74) is 3.05. The Morgan fingerprint density at radius 1 is 1.17 bits per heavy atom. The lowest BCUT2D eigenvalue weighted by atomic mass is 9.99. The van der Waals surface area contributed by atoms with Gasteiger partial charge in [0.1, 0.15) is 5.75 Å². The van der Waals surface area contributed by atoms with E-state index in [1.165, 1.54) is 5.56 Å². The first-order chi connectivity index (χ1) is 11.2. The third-order valence-electron chi connectivity index (χ3n) is 4.10. The Morgan fingerprint density at radius 2 is 1.87 bits per heavy atom. The second-order valence-electron chi connectivity index (χ2n) is 5.62. The van der Waals surface area contributed by atoms with Crippen LogP contribution in [0.25, 0.3) is 0 Å². The Hall–Kier alpha value is -2.80. The minimum Gasteiger partial charge on any atom is -0.496 e. The van der Waals surface area contributed by atoms with Gasteiger partial charge in [-0.1, -0.05) is 48.5 Å². The van der Waals surface area contributed by atoms with E-state index in [1.54, 1.807) is 7.11 Å². The summed E-state index contributed by atoms with van der Waals surface area (Å²) in [6, 6.07) is 19.8. The van der Waals surface area contributed by atoms with E-state index in [2.05, 4.69) is 23.3 Å². The fraction of sp³-hybridized carbons (Fsp3) is 0.263. The molecule has 0 fully saturated rings. The molecule has 2 aromatic carbocycles. The van der Waals surface area contributed by atoms with Crippen LogP contribution in [0.5, 0.6) is 5.75 Å². The maximum atomic E-state index is 9.79. The van der Waals surface area contributed by atoms with Gasteiger partial charge in [-0.15, -0.1) is 0 Å². The minimum atomic E-state index is -0.478. The molecular weight excluding hydrogens is 286 g/mol. The summed E-state index contributed by atoms with van der Waals surface area (Å²) in [5, 5.41) is 16.3. The van der Waals surface area contributed by atoms with E-state index in [-0.39, 0.29) is 6.04 Å². The fourth-order valence-electron chi connectivity index (χ4n) is 3.03. The van der Waals surface area contributed by atoms with Crippen molar-refractivity contribution in [3.63, 3.8) is 0 Å². The molecule has 1 heterocycles. The Bertz CT molecular complexity index is 749. The predicted molar refractivity (Wildman–Crippen MR) is 90.1 cm³/mol. The van der Waals surface area contributed by atoms with E-state index < -0.39 is 6.04 Å². The van der Waals surface area contributed by atoms with Crippen molar-refractivity contribution < 1.29 is 4.74 Å². The van der Waals surface area contributed by atoms with Crippen LogP contribution in [0.2, 0.25) is 0 Å². The van der Waals surface area contributed by atoms with Crippen LogP contribution < -0.4 is 4.74 Å². The first-order valence-electron chi connectivity index (χ1n) is 7.64. The standard InChI is InChI=1S/C19H19N3O/c1-14-12-17(15-8-4-3-5-9-15)22(21-14)18(13-20)16-10-6-7-11-19(16)23-2/h3-11,17-18H,12H2,1-2H3/t17-,18+/m1/s1. The summed E-state index contributed by atoms with van der Waals surface area (Å²) in [6.07, 6.45) is 0.831. The molecule has 0 saturated carbocycles.